The summed E-state index contributed by atoms with van der Waals surface area (Å²) in [4.78, 5) is 51.0. The molecule has 0 unspecified atom stereocenters. The summed E-state index contributed by atoms with van der Waals surface area (Å²) in [6.45, 7) is 0.0176. The van der Waals surface area contributed by atoms with Crippen LogP contribution in [-0.2, 0) is 30.5 Å². The molecule has 0 bridgehead atoms. The van der Waals surface area contributed by atoms with Crippen LogP contribution in [0.3, 0.4) is 0 Å². The van der Waals surface area contributed by atoms with E-state index >= 15 is 0 Å². The van der Waals surface area contributed by atoms with E-state index in [0.29, 0.717) is 12.8 Å². The Bertz CT molecular complexity index is 1390. The third-order valence-corrected chi connectivity index (χ3v) is 7.79. The molecule has 212 valence electrons. The van der Waals surface area contributed by atoms with Gasteiger partial charge in [-0.05, 0) is 40.7 Å². The first kappa shape index (κ1) is 27.9. The third-order valence-electron chi connectivity index (χ3n) is 7.79. The molecular weight excluding hydrogens is 524 g/mol. The fraction of sp³-hybridized carbons (Fsp3) is 0.312. The van der Waals surface area contributed by atoms with Gasteiger partial charge in [0.25, 0.3) is 0 Å². The van der Waals surface area contributed by atoms with Crippen molar-refractivity contribution in [3.63, 3.8) is 0 Å². The quantitative estimate of drug-likeness (QED) is 0.313. The van der Waals surface area contributed by atoms with Crippen LogP contribution < -0.4 is 10.6 Å². The largest absolute Gasteiger partial charge is 0.480 e. The number of nitrogens with one attached hydrogen (secondary N) is 2. The molecule has 2 aliphatic carbocycles. The monoisotopic (exact) mass is 556 g/mol. The molecule has 0 saturated heterocycles. The van der Waals surface area contributed by atoms with Crippen molar-refractivity contribution in [2.75, 3.05) is 6.61 Å². The van der Waals surface area contributed by atoms with Gasteiger partial charge in [0.1, 0.15) is 24.8 Å². The molecule has 0 spiro atoms. The number of carbonyl (C=O) groups excluding carboxylic acids is 3. The number of hydrogen-bond donors (Lipinski definition) is 3. The smallest absolute Gasteiger partial charge is 0.407 e. The number of amides is 2. The fourth-order valence-electron chi connectivity index (χ4n) is 5.65. The molecule has 1 fully saturated rings. The van der Waals surface area contributed by atoms with Crippen molar-refractivity contribution in [3.05, 3.63) is 95.6 Å². The molecule has 3 N–H and O–H groups in total. The predicted octanol–water partition coefficient (Wildman–Crippen LogP) is 4.54. The average molecular weight is 557 g/mol. The fourth-order valence-corrected chi connectivity index (χ4v) is 5.65. The van der Waals surface area contributed by atoms with Crippen molar-refractivity contribution < 1.29 is 33.8 Å². The van der Waals surface area contributed by atoms with Gasteiger partial charge in [-0.2, -0.15) is 0 Å². The van der Waals surface area contributed by atoms with Crippen LogP contribution in [0, 0.1) is 0 Å². The summed E-state index contributed by atoms with van der Waals surface area (Å²) in [7, 11) is 0. The summed E-state index contributed by atoms with van der Waals surface area (Å²) in [5.41, 5.74) is 3.54. The van der Waals surface area contributed by atoms with Crippen molar-refractivity contribution in [3.8, 4) is 11.1 Å². The van der Waals surface area contributed by atoms with Crippen LogP contribution in [0.25, 0.3) is 11.1 Å². The minimum absolute atomic E-state index is 0.00196. The Labute approximate surface area is 237 Å². The molecule has 9 heteroatoms. The van der Waals surface area contributed by atoms with E-state index in [9.17, 15) is 24.3 Å². The van der Waals surface area contributed by atoms with Gasteiger partial charge in [-0.3, -0.25) is 9.59 Å². The Kier molecular flexibility index (Phi) is 8.33. The van der Waals surface area contributed by atoms with Gasteiger partial charge in [0.15, 0.2) is 0 Å². The van der Waals surface area contributed by atoms with Crippen LogP contribution in [0.2, 0.25) is 0 Å². The molecule has 5 rings (SSSR count). The van der Waals surface area contributed by atoms with Gasteiger partial charge in [-0.1, -0.05) is 91.7 Å². The van der Waals surface area contributed by atoms with Gasteiger partial charge in [-0.15, -0.1) is 0 Å². The number of ether oxygens (including phenoxy) is 2. The lowest BCUT2D eigenvalue weighted by Crippen LogP contribution is -2.58. The van der Waals surface area contributed by atoms with Gasteiger partial charge >= 0.3 is 18.0 Å². The number of aliphatic carboxylic acids is 1. The number of alkyl carbamates (subject to hydrolysis) is 1. The first-order valence-electron chi connectivity index (χ1n) is 13.7. The maximum atomic E-state index is 13.3. The van der Waals surface area contributed by atoms with Crippen LogP contribution >= 0.6 is 0 Å². The first-order chi connectivity index (χ1) is 19.9. The second-order valence-electron chi connectivity index (χ2n) is 10.5. The second kappa shape index (κ2) is 12.2. The predicted molar refractivity (Wildman–Crippen MR) is 150 cm³/mol. The number of carboxylic acid groups (broad SMARTS) is 1. The molecule has 0 radical (unpaired) electrons. The van der Waals surface area contributed by atoms with Crippen molar-refractivity contribution in [2.45, 2.75) is 56.2 Å². The highest BCUT2D eigenvalue weighted by atomic mass is 16.5. The van der Waals surface area contributed by atoms with E-state index in [2.05, 4.69) is 10.6 Å². The standard InChI is InChI=1S/C32H32N2O7/c35-28(40-19-21-10-2-1-3-11-21)18-27(29(36)34-32(30(37)38)16-8-9-17-32)33-31(39)41-20-26-24-14-6-4-12-22(24)23-13-5-7-15-25(23)26/h1-7,10-15,26-27H,8-9,16-20H2,(H,33,39)(H,34,36)(H,37,38)/t27-/m0/s1. The molecule has 1 atom stereocenters. The molecule has 2 amide bonds. The lowest BCUT2D eigenvalue weighted by atomic mass is 9.97. The van der Waals surface area contributed by atoms with Crippen molar-refractivity contribution in [1.29, 1.82) is 0 Å². The summed E-state index contributed by atoms with van der Waals surface area (Å²) in [6, 6.07) is 23.5. The zero-order chi connectivity index (χ0) is 28.8. The second-order valence-corrected chi connectivity index (χ2v) is 10.5. The molecule has 0 aliphatic heterocycles. The Balaban J connectivity index is 1.26. The third kappa shape index (κ3) is 6.24. The number of fused-ring (bicyclic) bond motifs is 3. The normalized spacial score (nSPS) is 15.7. The van der Waals surface area contributed by atoms with E-state index in [1.165, 1.54) is 0 Å². The summed E-state index contributed by atoms with van der Waals surface area (Å²) >= 11 is 0. The molecule has 0 aromatic heterocycles. The number of carbonyl (C=O) groups is 4. The maximum absolute atomic E-state index is 13.3. The Morgan fingerprint density at radius 1 is 0.829 bits per heavy atom. The topological polar surface area (TPSA) is 131 Å². The van der Waals surface area contributed by atoms with Gasteiger partial charge in [0.05, 0.1) is 6.42 Å². The minimum atomic E-state index is -1.44. The van der Waals surface area contributed by atoms with Gasteiger partial charge in [0.2, 0.25) is 5.91 Å². The number of esters is 1. The Morgan fingerprint density at radius 3 is 2.02 bits per heavy atom. The molecule has 2 aliphatic rings. The van der Waals surface area contributed by atoms with Crippen LogP contribution in [0.1, 0.15) is 54.7 Å². The van der Waals surface area contributed by atoms with Gasteiger partial charge in [0, 0.05) is 5.92 Å². The van der Waals surface area contributed by atoms with E-state index in [-0.39, 0.29) is 32.0 Å². The zero-order valence-electron chi connectivity index (χ0n) is 22.5. The number of benzene rings is 3. The van der Waals surface area contributed by atoms with E-state index in [1.807, 2.05) is 66.7 Å². The minimum Gasteiger partial charge on any atom is -0.480 e. The lowest BCUT2D eigenvalue weighted by molar-refractivity contribution is -0.149. The number of carboxylic acids is 1. The SMILES string of the molecule is O=C(C[C@H](NC(=O)OCC1c2ccccc2-c2ccccc21)C(=O)NC1(C(=O)O)CCCC1)OCc1ccccc1. The van der Waals surface area contributed by atoms with Gasteiger partial charge < -0.3 is 25.2 Å². The molecular formula is C32H32N2O7. The molecule has 3 aromatic carbocycles. The highest BCUT2D eigenvalue weighted by Crippen LogP contribution is 2.44. The Hall–Kier alpha value is -4.66. The number of hydrogen-bond acceptors (Lipinski definition) is 6. The first-order valence-corrected chi connectivity index (χ1v) is 13.7. The highest BCUT2D eigenvalue weighted by Gasteiger charge is 2.44. The van der Waals surface area contributed by atoms with Crippen molar-refractivity contribution >= 4 is 23.9 Å². The molecule has 0 heterocycles. The summed E-state index contributed by atoms with van der Waals surface area (Å²) in [6.07, 6.45) is 0.456. The molecule has 3 aromatic rings. The molecule has 9 nitrogen and oxygen atoms in total. The average Bonchev–Trinajstić information content (AvgIpc) is 3.59. The van der Waals surface area contributed by atoms with Crippen LogP contribution in [0.15, 0.2) is 78.9 Å². The molecule has 41 heavy (non-hydrogen) atoms. The van der Waals surface area contributed by atoms with Crippen molar-refractivity contribution in [1.82, 2.24) is 10.6 Å². The van der Waals surface area contributed by atoms with Crippen LogP contribution in [0.4, 0.5) is 4.79 Å². The van der Waals surface area contributed by atoms with Crippen LogP contribution in [0.5, 0.6) is 0 Å². The molecule has 1 saturated carbocycles. The van der Waals surface area contributed by atoms with Crippen molar-refractivity contribution in [2.24, 2.45) is 0 Å². The Morgan fingerprint density at radius 2 is 1.41 bits per heavy atom. The summed E-state index contributed by atoms with van der Waals surface area (Å²) in [5, 5.41) is 14.9. The highest BCUT2D eigenvalue weighted by molar-refractivity contribution is 5.93. The van der Waals surface area contributed by atoms with E-state index < -0.39 is 41.9 Å². The lowest BCUT2D eigenvalue weighted by Gasteiger charge is -2.28. The van der Waals surface area contributed by atoms with Crippen LogP contribution in [-0.4, -0.2) is 47.2 Å². The number of rotatable bonds is 10. The van der Waals surface area contributed by atoms with E-state index in [1.54, 1.807) is 12.1 Å². The van der Waals surface area contributed by atoms with E-state index in [4.69, 9.17) is 9.47 Å². The zero-order valence-corrected chi connectivity index (χ0v) is 22.5. The summed E-state index contributed by atoms with van der Waals surface area (Å²) in [5.74, 6) is -2.83. The van der Waals surface area contributed by atoms with Gasteiger partial charge in [-0.25, -0.2) is 9.59 Å². The summed E-state index contributed by atoms with van der Waals surface area (Å²) < 4.78 is 10.9. The maximum Gasteiger partial charge on any atom is 0.407 e. The van der Waals surface area contributed by atoms with E-state index in [0.717, 1.165) is 27.8 Å².